The van der Waals surface area contributed by atoms with Crippen LogP contribution in [-0.4, -0.2) is 22.3 Å². The summed E-state index contributed by atoms with van der Waals surface area (Å²) < 4.78 is 5.03. The van der Waals surface area contributed by atoms with Gasteiger partial charge in [-0.1, -0.05) is 30.3 Å². The quantitative estimate of drug-likeness (QED) is 0.788. The van der Waals surface area contributed by atoms with E-state index in [2.05, 4.69) is 5.32 Å². The zero-order valence-corrected chi connectivity index (χ0v) is 11.7. The molecule has 0 aliphatic heterocycles. The SMILES string of the molecule is O=C(NCc1cc(O)cc(C(=O)O)c1)OCc1ccccc1. The fourth-order valence-corrected chi connectivity index (χ4v) is 1.85. The number of phenolic OH excluding ortho intramolecular Hbond substituents is 1. The molecule has 0 saturated carbocycles. The largest absolute Gasteiger partial charge is 0.508 e. The highest BCUT2D eigenvalue weighted by Gasteiger charge is 2.08. The maximum absolute atomic E-state index is 11.6. The van der Waals surface area contributed by atoms with E-state index in [0.717, 1.165) is 11.6 Å². The number of alkyl carbamates (subject to hydrolysis) is 1. The second-order valence-corrected chi connectivity index (χ2v) is 4.61. The number of carbonyl (C=O) groups is 2. The summed E-state index contributed by atoms with van der Waals surface area (Å²) >= 11 is 0. The number of benzene rings is 2. The van der Waals surface area contributed by atoms with Crippen molar-refractivity contribution < 1.29 is 24.5 Å². The van der Waals surface area contributed by atoms with Gasteiger partial charge in [0.2, 0.25) is 0 Å². The lowest BCUT2D eigenvalue weighted by Crippen LogP contribution is -2.23. The third-order valence-corrected chi connectivity index (χ3v) is 2.87. The minimum absolute atomic E-state index is 0.0468. The topological polar surface area (TPSA) is 95.9 Å². The summed E-state index contributed by atoms with van der Waals surface area (Å²) in [6, 6.07) is 13.1. The third-order valence-electron chi connectivity index (χ3n) is 2.87. The van der Waals surface area contributed by atoms with Gasteiger partial charge >= 0.3 is 12.1 Å². The van der Waals surface area contributed by atoms with Gasteiger partial charge in [0.25, 0.3) is 0 Å². The Balaban J connectivity index is 1.87. The van der Waals surface area contributed by atoms with Crippen molar-refractivity contribution in [2.24, 2.45) is 0 Å². The molecule has 2 aromatic rings. The van der Waals surface area contributed by atoms with Crippen molar-refractivity contribution in [1.82, 2.24) is 5.32 Å². The number of carboxylic acids is 1. The van der Waals surface area contributed by atoms with E-state index in [-0.39, 0.29) is 24.5 Å². The molecular formula is C16H15NO5. The van der Waals surface area contributed by atoms with Crippen LogP contribution in [0.1, 0.15) is 21.5 Å². The molecule has 6 nitrogen and oxygen atoms in total. The summed E-state index contributed by atoms with van der Waals surface area (Å²) in [6.07, 6.45) is -0.621. The number of nitrogens with one attached hydrogen (secondary N) is 1. The molecule has 0 radical (unpaired) electrons. The number of ether oxygens (including phenoxy) is 1. The van der Waals surface area contributed by atoms with Gasteiger partial charge in [-0.15, -0.1) is 0 Å². The molecule has 0 aliphatic rings. The normalized spacial score (nSPS) is 10.0. The molecule has 0 spiro atoms. The number of carboxylic acid groups (broad SMARTS) is 1. The summed E-state index contributed by atoms with van der Waals surface area (Å²) in [5, 5.41) is 20.8. The van der Waals surface area contributed by atoms with E-state index in [9.17, 15) is 14.7 Å². The highest BCUT2D eigenvalue weighted by molar-refractivity contribution is 5.88. The zero-order valence-electron chi connectivity index (χ0n) is 11.7. The summed E-state index contributed by atoms with van der Waals surface area (Å²) in [6.45, 7) is 0.204. The van der Waals surface area contributed by atoms with Crippen molar-refractivity contribution >= 4 is 12.1 Å². The molecule has 1 amide bonds. The van der Waals surface area contributed by atoms with Crippen LogP contribution in [0.4, 0.5) is 4.79 Å². The zero-order chi connectivity index (χ0) is 15.9. The van der Waals surface area contributed by atoms with Gasteiger partial charge in [0, 0.05) is 6.54 Å². The average Bonchev–Trinajstić information content (AvgIpc) is 2.51. The minimum Gasteiger partial charge on any atom is -0.508 e. The van der Waals surface area contributed by atoms with Crippen LogP contribution in [0.2, 0.25) is 0 Å². The standard InChI is InChI=1S/C16H15NO5/c18-14-7-12(6-13(8-14)15(19)20)9-17-16(21)22-10-11-4-2-1-3-5-11/h1-8,18H,9-10H2,(H,17,21)(H,19,20). The smallest absolute Gasteiger partial charge is 0.407 e. The van der Waals surface area contributed by atoms with Crippen LogP contribution < -0.4 is 5.32 Å². The van der Waals surface area contributed by atoms with Gasteiger partial charge in [0.1, 0.15) is 12.4 Å². The summed E-state index contributed by atoms with van der Waals surface area (Å²) in [7, 11) is 0. The van der Waals surface area contributed by atoms with E-state index in [1.165, 1.54) is 12.1 Å². The highest BCUT2D eigenvalue weighted by Crippen LogP contribution is 2.15. The molecule has 3 N–H and O–H groups in total. The van der Waals surface area contributed by atoms with Gasteiger partial charge in [0.05, 0.1) is 5.56 Å². The van der Waals surface area contributed by atoms with Gasteiger partial charge in [-0.25, -0.2) is 9.59 Å². The first-order valence-electron chi connectivity index (χ1n) is 6.55. The molecule has 0 unspecified atom stereocenters. The Morgan fingerprint density at radius 2 is 1.77 bits per heavy atom. The number of amides is 1. The van der Waals surface area contributed by atoms with Crippen LogP contribution in [0.3, 0.4) is 0 Å². The van der Waals surface area contributed by atoms with Crippen molar-refractivity contribution in [3.05, 3.63) is 65.2 Å². The molecule has 2 rings (SSSR count). The lowest BCUT2D eigenvalue weighted by molar-refractivity contribution is 0.0696. The Morgan fingerprint density at radius 3 is 2.45 bits per heavy atom. The molecule has 2 aromatic carbocycles. The Hall–Kier alpha value is -3.02. The van der Waals surface area contributed by atoms with Gasteiger partial charge in [-0.2, -0.15) is 0 Å². The van der Waals surface area contributed by atoms with Gasteiger partial charge in [-0.05, 0) is 29.3 Å². The van der Waals surface area contributed by atoms with E-state index >= 15 is 0 Å². The van der Waals surface area contributed by atoms with E-state index in [1.54, 1.807) is 0 Å². The first-order chi connectivity index (χ1) is 10.5. The van der Waals surface area contributed by atoms with Gasteiger partial charge in [0.15, 0.2) is 0 Å². The Kier molecular flexibility index (Phi) is 4.98. The van der Waals surface area contributed by atoms with Crippen LogP contribution in [-0.2, 0) is 17.9 Å². The molecule has 114 valence electrons. The number of phenols is 1. The fourth-order valence-electron chi connectivity index (χ4n) is 1.85. The van der Waals surface area contributed by atoms with Crippen molar-refractivity contribution in [1.29, 1.82) is 0 Å². The molecule has 0 atom stereocenters. The summed E-state index contributed by atoms with van der Waals surface area (Å²) in [5.41, 5.74) is 1.28. The van der Waals surface area contributed by atoms with Crippen molar-refractivity contribution in [2.75, 3.05) is 0 Å². The van der Waals surface area contributed by atoms with Crippen molar-refractivity contribution in [2.45, 2.75) is 13.2 Å². The van der Waals surface area contributed by atoms with E-state index in [0.29, 0.717) is 5.56 Å². The monoisotopic (exact) mass is 301 g/mol. The van der Waals surface area contributed by atoms with Crippen molar-refractivity contribution in [3.63, 3.8) is 0 Å². The van der Waals surface area contributed by atoms with Crippen molar-refractivity contribution in [3.8, 4) is 5.75 Å². The number of aromatic hydroxyl groups is 1. The second-order valence-electron chi connectivity index (χ2n) is 4.61. The van der Waals surface area contributed by atoms with Crippen LogP contribution in [0, 0.1) is 0 Å². The molecule has 0 bridgehead atoms. The van der Waals surface area contributed by atoms with Crippen LogP contribution in [0.15, 0.2) is 48.5 Å². The first-order valence-corrected chi connectivity index (χ1v) is 6.55. The van der Waals surface area contributed by atoms with Crippen LogP contribution in [0.25, 0.3) is 0 Å². The Labute approximate surface area is 127 Å². The first kappa shape index (κ1) is 15.4. The average molecular weight is 301 g/mol. The van der Waals surface area contributed by atoms with Crippen LogP contribution >= 0.6 is 0 Å². The summed E-state index contributed by atoms with van der Waals surface area (Å²) in [5.74, 6) is -1.32. The van der Waals surface area contributed by atoms with E-state index in [4.69, 9.17) is 9.84 Å². The van der Waals surface area contributed by atoms with Gasteiger partial charge in [-0.3, -0.25) is 0 Å². The number of carbonyl (C=O) groups excluding carboxylic acids is 1. The predicted octanol–water partition coefficient (Wildman–Crippen LogP) is 2.52. The van der Waals surface area contributed by atoms with E-state index < -0.39 is 12.1 Å². The van der Waals surface area contributed by atoms with E-state index in [1.807, 2.05) is 30.3 Å². The molecule has 0 fully saturated rings. The lowest BCUT2D eigenvalue weighted by Gasteiger charge is -2.08. The summed E-state index contributed by atoms with van der Waals surface area (Å²) in [4.78, 5) is 22.5. The maximum atomic E-state index is 11.6. The molecule has 0 aliphatic carbocycles. The molecular weight excluding hydrogens is 286 g/mol. The molecule has 0 saturated heterocycles. The molecule has 0 aromatic heterocycles. The van der Waals surface area contributed by atoms with Gasteiger partial charge < -0.3 is 20.3 Å². The lowest BCUT2D eigenvalue weighted by atomic mass is 10.1. The Bertz CT molecular complexity index is 669. The number of hydrogen-bond donors (Lipinski definition) is 3. The van der Waals surface area contributed by atoms with Crippen LogP contribution in [0.5, 0.6) is 5.75 Å². The second kappa shape index (κ2) is 7.12. The molecule has 6 heteroatoms. The molecule has 0 heterocycles. The maximum Gasteiger partial charge on any atom is 0.407 e. The number of rotatable bonds is 5. The minimum atomic E-state index is -1.15. The third kappa shape index (κ3) is 4.52. The highest BCUT2D eigenvalue weighted by atomic mass is 16.5. The molecule has 22 heavy (non-hydrogen) atoms. The number of aromatic carboxylic acids is 1. The fraction of sp³-hybridized carbons (Fsp3) is 0.125. The predicted molar refractivity (Wildman–Crippen MR) is 78.5 cm³/mol. The Morgan fingerprint density at radius 1 is 1.05 bits per heavy atom. The number of hydrogen-bond acceptors (Lipinski definition) is 4.